The van der Waals surface area contributed by atoms with Crippen LogP contribution in [0.1, 0.15) is 31.2 Å². The molecule has 9 heteroatoms. The van der Waals surface area contributed by atoms with Gasteiger partial charge in [0.1, 0.15) is 10.9 Å². The van der Waals surface area contributed by atoms with Gasteiger partial charge >= 0.3 is 0 Å². The number of benzene rings is 2. The number of carbonyl (C=O) groups excluding carboxylic acids is 2. The summed E-state index contributed by atoms with van der Waals surface area (Å²) < 4.78 is 29.0. The van der Waals surface area contributed by atoms with Gasteiger partial charge in [-0.2, -0.15) is 8.42 Å². The molecule has 3 aliphatic rings. The van der Waals surface area contributed by atoms with Crippen LogP contribution in [0.15, 0.2) is 63.9 Å². The highest BCUT2D eigenvalue weighted by molar-refractivity contribution is 7.90. The molecule has 1 N–H and O–H groups in total. The number of nitrogens with zero attached hydrogens (tertiary/aromatic N) is 3. The second kappa shape index (κ2) is 8.62. The SMILES string of the molecule is O=C(Nc1ccccc1)C1CCN(C(=O)[C@@H]2CCCN2C2=NS(=O)(=O)c3ccccc32)CC1. The molecular formula is C24H26N4O4S. The van der Waals surface area contributed by atoms with Crippen molar-refractivity contribution in [1.29, 1.82) is 0 Å². The van der Waals surface area contributed by atoms with Crippen molar-refractivity contribution in [2.24, 2.45) is 10.3 Å². The van der Waals surface area contributed by atoms with Gasteiger partial charge in [-0.25, -0.2) is 0 Å². The Hall–Kier alpha value is -3.20. The average Bonchev–Trinajstić information content (AvgIpc) is 3.42. The lowest BCUT2D eigenvalue weighted by Gasteiger charge is -2.35. The van der Waals surface area contributed by atoms with E-state index in [1.165, 1.54) is 0 Å². The molecule has 2 aromatic rings. The number of fused-ring (bicyclic) bond motifs is 1. The van der Waals surface area contributed by atoms with Gasteiger partial charge in [-0.15, -0.1) is 4.40 Å². The predicted molar refractivity (Wildman–Crippen MR) is 124 cm³/mol. The van der Waals surface area contributed by atoms with Crippen molar-refractivity contribution in [3.8, 4) is 0 Å². The molecule has 0 aliphatic carbocycles. The number of carbonyl (C=O) groups is 2. The number of hydrogen-bond donors (Lipinski definition) is 1. The van der Waals surface area contributed by atoms with Gasteiger partial charge in [-0.05, 0) is 49.9 Å². The van der Waals surface area contributed by atoms with Gasteiger partial charge in [-0.1, -0.05) is 30.3 Å². The molecule has 0 aromatic heterocycles. The molecule has 0 radical (unpaired) electrons. The minimum atomic E-state index is -3.73. The van der Waals surface area contributed by atoms with Crippen molar-refractivity contribution in [2.75, 3.05) is 25.0 Å². The zero-order valence-corrected chi connectivity index (χ0v) is 19.0. The van der Waals surface area contributed by atoms with Crippen molar-refractivity contribution in [3.63, 3.8) is 0 Å². The minimum Gasteiger partial charge on any atom is -0.343 e. The Labute approximate surface area is 193 Å². The van der Waals surface area contributed by atoms with E-state index in [9.17, 15) is 18.0 Å². The Balaban J connectivity index is 1.25. The summed E-state index contributed by atoms with van der Waals surface area (Å²) in [6, 6.07) is 15.7. The summed E-state index contributed by atoms with van der Waals surface area (Å²) in [5.41, 5.74) is 1.34. The van der Waals surface area contributed by atoms with Crippen molar-refractivity contribution in [1.82, 2.24) is 9.80 Å². The van der Waals surface area contributed by atoms with Gasteiger partial charge in [0.2, 0.25) is 11.8 Å². The van der Waals surface area contributed by atoms with E-state index in [0.717, 1.165) is 12.1 Å². The number of hydrogen-bond acceptors (Lipinski definition) is 5. The maximum atomic E-state index is 13.4. The molecule has 0 bridgehead atoms. The fourth-order valence-electron chi connectivity index (χ4n) is 4.91. The number of amides is 2. The molecule has 8 nitrogen and oxygen atoms in total. The van der Waals surface area contributed by atoms with Crippen LogP contribution in [0.5, 0.6) is 0 Å². The molecule has 0 saturated carbocycles. The van der Waals surface area contributed by atoms with E-state index in [1.807, 2.05) is 40.1 Å². The Bertz CT molecular complexity index is 1200. The third-order valence-electron chi connectivity index (χ3n) is 6.64. The molecule has 2 amide bonds. The molecular weight excluding hydrogens is 440 g/mol. The Morgan fingerprint density at radius 3 is 2.36 bits per heavy atom. The van der Waals surface area contributed by atoms with E-state index in [-0.39, 0.29) is 22.6 Å². The van der Waals surface area contributed by atoms with Crippen LogP contribution in [0.2, 0.25) is 0 Å². The molecule has 5 rings (SSSR count). The number of likely N-dealkylation sites (tertiary alicyclic amines) is 2. The first-order valence-corrected chi connectivity index (χ1v) is 12.7. The van der Waals surface area contributed by atoms with Gasteiger partial charge in [-0.3, -0.25) is 9.59 Å². The quantitative estimate of drug-likeness (QED) is 0.749. The lowest BCUT2D eigenvalue weighted by atomic mass is 9.95. The van der Waals surface area contributed by atoms with E-state index in [1.54, 1.807) is 24.3 Å². The fraction of sp³-hybridized carbons (Fsp3) is 0.375. The first kappa shape index (κ1) is 21.6. The van der Waals surface area contributed by atoms with Gasteiger partial charge in [0.05, 0.1) is 0 Å². The van der Waals surface area contributed by atoms with E-state index in [4.69, 9.17) is 0 Å². The number of rotatable bonds is 3. The lowest BCUT2D eigenvalue weighted by molar-refractivity contribution is -0.137. The highest BCUT2D eigenvalue weighted by Gasteiger charge is 2.41. The number of sulfonamides is 1. The second-order valence-electron chi connectivity index (χ2n) is 8.69. The van der Waals surface area contributed by atoms with Crippen LogP contribution < -0.4 is 5.32 Å². The third kappa shape index (κ3) is 4.13. The molecule has 2 fully saturated rings. The van der Waals surface area contributed by atoms with Crippen LogP contribution in [0.3, 0.4) is 0 Å². The number of anilines is 1. The van der Waals surface area contributed by atoms with Crippen molar-refractivity contribution < 1.29 is 18.0 Å². The maximum Gasteiger partial charge on any atom is 0.285 e. The second-order valence-corrected chi connectivity index (χ2v) is 10.3. The first-order chi connectivity index (χ1) is 15.9. The van der Waals surface area contributed by atoms with Crippen LogP contribution in [-0.4, -0.2) is 61.5 Å². The number of para-hydroxylation sites is 1. The summed E-state index contributed by atoms with van der Waals surface area (Å²) in [6.45, 7) is 1.61. The fourth-order valence-corrected chi connectivity index (χ4v) is 6.13. The molecule has 3 heterocycles. The Morgan fingerprint density at radius 2 is 1.61 bits per heavy atom. The van der Waals surface area contributed by atoms with Crippen LogP contribution >= 0.6 is 0 Å². The van der Waals surface area contributed by atoms with Gasteiger partial charge in [0.15, 0.2) is 5.84 Å². The highest BCUT2D eigenvalue weighted by Crippen LogP contribution is 2.32. The predicted octanol–water partition coefficient (Wildman–Crippen LogP) is 2.48. The summed E-state index contributed by atoms with van der Waals surface area (Å²) >= 11 is 0. The highest BCUT2D eigenvalue weighted by atomic mass is 32.2. The number of piperidine rings is 1. The largest absolute Gasteiger partial charge is 0.343 e. The van der Waals surface area contributed by atoms with Crippen LogP contribution in [0, 0.1) is 5.92 Å². The zero-order valence-electron chi connectivity index (χ0n) is 18.2. The van der Waals surface area contributed by atoms with Crippen LogP contribution in [0.4, 0.5) is 5.69 Å². The molecule has 2 saturated heterocycles. The minimum absolute atomic E-state index is 0.0149. The average molecular weight is 467 g/mol. The van der Waals surface area contributed by atoms with Crippen molar-refractivity contribution in [3.05, 3.63) is 60.2 Å². The van der Waals surface area contributed by atoms with E-state index >= 15 is 0 Å². The molecule has 1 atom stereocenters. The standard InChI is InChI=1S/C24H26N4O4S/c29-23(25-18-7-2-1-3-8-18)17-12-15-27(16-13-17)24(30)20-10-6-14-28(20)22-19-9-4-5-11-21(19)33(31,32)26-22/h1-5,7-9,11,17,20H,6,10,12-16H2,(H,25,29)/t20-/m0/s1. The summed E-state index contributed by atoms with van der Waals surface area (Å²) in [6.07, 6.45) is 2.67. The van der Waals surface area contributed by atoms with Gasteiger partial charge < -0.3 is 15.1 Å². The van der Waals surface area contributed by atoms with Gasteiger partial charge in [0.25, 0.3) is 10.0 Å². The Kier molecular flexibility index (Phi) is 5.65. The smallest absolute Gasteiger partial charge is 0.285 e. The van der Waals surface area contributed by atoms with Crippen LogP contribution in [0.25, 0.3) is 0 Å². The van der Waals surface area contributed by atoms with Crippen molar-refractivity contribution in [2.45, 2.75) is 36.6 Å². The van der Waals surface area contributed by atoms with Crippen LogP contribution in [-0.2, 0) is 19.6 Å². The lowest BCUT2D eigenvalue weighted by Crippen LogP contribution is -2.50. The monoisotopic (exact) mass is 466 g/mol. The molecule has 2 aromatic carbocycles. The molecule has 0 spiro atoms. The third-order valence-corrected chi connectivity index (χ3v) is 7.97. The van der Waals surface area contributed by atoms with Gasteiger partial charge in [0, 0.05) is 36.8 Å². The number of amidine groups is 1. The molecule has 33 heavy (non-hydrogen) atoms. The summed E-state index contributed by atoms with van der Waals surface area (Å²) in [4.78, 5) is 29.9. The van der Waals surface area contributed by atoms with E-state index in [2.05, 4.69) is 9.71 Å². The molecule has 0 unspecified atom stereocenters. The number of nitrogens with one attached hydrogen (secondary N) is 1. The first-order valence-electron chi connectivity index (χ1n) is 11.3. The maximum absolute atomic E-state index is 13.4. The zero-order chi connectivity index (χ0) is 23.0. The molecule has 172 valence electrons. The molecule has 3 aliphatic heterocycles. The summed E-state index contributed by atoms with van der Waals surface area (Å²) in [5.74, 6) is 0.209. The van der Waals surface area contributed by atoms with E-state index < -0.39 is 16.1 Å². The van der Waals surface area contributed by atoms with E-state index in [0.29, 0.717) is 50.3 Å². The summed E-state index contributed by atoms with van der Waals surface area (Å²) in [7, 11) is -3.73. The topological polar surface area (TPSA) is 99.2 Å². The van der Waals surface area contributed by atoms with Crippen molar-refractivity contribution >= 4 is 33.4 Å². The Morgan fingerprint density at radius 1 is 0.909 bits per heavy atom. The summed E-state index contributed by atoms with van der Waals surface area (Å²) in [5, 5.41) is 2.95. The normalized spacial score (nSPS) is 22.1.